The van der Waals surface area contributed by atoms with E-state index in [4.69, 9.17) is 9.47 Å². The lowest BCUT2D eigenvalue weighted by Crippen LogP contribution is -2.01. The third kappa shape index (κ3) is 3.95. The van der Waals surface area contributed by atoms with Gasteiger partial charge in [-0.15, -0.1) is 0 Å². The third-order valence-corrected chi connectivity index (χ3v) is 5.18. The zero-order valence-corrected chi connectivity index (χ0v) is 17.2. The Kier molecular flexibility index (Phi) is 4.98. The molecular formula is C26H24O3. The second kappa shape index (κ2) is 7.59. The van der Waals surface area contributed by atoms with Crippen LogP contribution in [0.1, 0.15) is 43.7 Å². The smallest absolute Gasteiger partial charge is 0.232 e. The van der Waals surface area contributed by atoms with Crippen molar-refractivity contribution >= 4 is 11.9 Å². The molecule has 1 aliphatic heterocycles. The Bertz CT molecular complexity index is 1140. The van der Waals surface area contributed by atoms with E-state index in [0.29, 0.717) is 29.4 Å². The molecule has 0 spiro atoms. The van der Waals surface area contributed by atoms with Crippen molar-refractivity contribution in [1.82, 2.24) is 0 Å². The number of carbonyl (C=O) groups is 1. The molecule has 3 aromatic carbocycles. The fraction of sp³-hybridized carbons (Fsp3) is 0.192. The van der Waals surface area contributed by atoms with Crippen molar-refractivity contribution in [3.05, 3.63) is 99.3 Å². The molecule has 0 atom stereocenters. The highest BCUT2D eigenvalue weighted by molar-refractivity contribution is 6.15. The van der Waals surface area contributed by atoms with Crippen LogP contribution in [0.15, 0.2) is 60.4 Å². The van der Waals surface area contributed by atoms with Gasteiger partial charge in [0.2, 0.25) is 5.78 Å². The van der Waals surface area contributed by atoms with E-state index in [1.165, 1.54) is 11.1 Å². The quantitative estimate of drug-likeness (QED) is 0.509. The summed E-state index contributed by atoms with van der Waals surface area (Å²) in [6.07, 6.45) is 1.80. The van der Waals surface area contributed by atoms with Crippen LogP contribution < -0.4 is 9.47 Å². The van der Waals surface area contributed by atoms with Gasteiger partial charge in [0.15, 0.2) is 5.76 Å². The summed E-state index contributed by atoms with van der Waals surface area (Å²) in [5.74, 6) is 1.53. The molecule has 0 aromatic heterocycles. The molecule has 3 heteroatoms. The van der Waals surface area contributed by atoms with Gasteiger partial charge in [-0.25, -0.2) is 0 Å². The maximum absolute atomic E-state index is 12.8. The van der Waals surface area contributed by atoms with Gasteiger partial charge in [0.25, 0.3) is 0 Å². The van der Waals surface area contributed by atoms with Gasteiger partial charge in [0, 0.05) is 6.07 Å². The Morgan fingerprint density at radius 1 is 0.897 bits per heavy atom. The monoisotopic (exact) mass is 384 g/mol. The number of ether oxygens (including phenoxy) is 2. The third-order valence-electron chi connectivity index (χ3n) is 5.18. The summed E-state index contributed by atoms with van der Waals surface area (Å²) >= 11 is 0. The number of fused-ring (bicyclic) bond motifs is 1. The molecule has 0 radical (unpaired) electrons. The molecule has 146 valence electrons. The van der Waals surface area contributed by atoms with Crippen molar-refractivity contribution in [2.24, 2.45) is 0 Å². The number of hydrogen-bond donors (Lipinski definition) is 0. The molecular weight excluding hydrogens is 360 g/mol. The topological polar surface area (TPSA) is 35.5 Å². The first-order valence-electron chi connectivity index (χ1n) is 9.75. The number of carbonyl (C=O) groups excluding carboxylic acids is 1. The minimum Gasteiger partial charge on any atom is -0.489 e. The zero-order chi connectivity index (χ0) is 20.5. The predicted molar refractivity (Wildman–Crippen MR) is 116 cm³/mol. The molecule has 1 aliphatic rings. The molecule has 0 saturated heterocycles. The molecule has 29 heavy (non-hydrogen) atoms. The van der Waals surface area contributed by atoms with Crippen molar-refractivity contribution in [1.29, 1.82) is 0 Å². The molecule has 0 unspecified atom stereocenters. The summed E-state index contributed by atoms with van der Waals surface area (Å²) in [4.78, 5) is 12.8. The van der Waals surface area contributed by atoms with Crippen LogP contribution in [0.4, 0.5) is 0 Å². The van der Waals surface area contributed by atoms with Crippen molar-refractivity contribution in [2.75, 3.05) is 0 Å². The van der Waals surface area contributed by atoms with Gasteiger partial charge in [0.05, 0.1) is 5.56 Å². The maximum Gasteiger partial charge on any atom is 0.232 e. The number of benzene rings is 3. The fourth-order valence-corrected chi connectivity index (χ4v) is 3.59. The first-order chi connectivity index (χ1) is 13.9. The molecule has 0 fully saturated rings. The maximum atomic E-state index is 12.8. The molecule has 0 N–H and O–H groups in total. The Morgan fingerprint density at radius 3 is 2.48 bits per heavy atom. The van der Waals surface area contributed by atoms with E-state index in [1.54, 1.807) is 6.08 Å². The summed E-state index contributed by atoms with van der Waals surface area (Å²) in [6, 6.07) is 18.0. The number of allylic oxidation sites excluding steroid dienone is 1. The van der Waals surface area contributed by atoms with E-state index in [2.05, 4.69) is 32.0 Å². The Hall–Kier alpha value is -3.33. The standard InChI is InChI=1S/C26H24O3/c1-16-6-5-7-20(10-16)13-24-26(27)25-19(4)12-22(14-23(25)29-24)28-15-21-11-17(2)8-9-18(21)3/h5-14H,15H2,1-4H3/b24-13-. The lowest BCUT2D eigenvalue weighted by Gasteiger charge is -2.11. The van der Waals surface area contributed by atoms with Gasteiger partial charge in [-0.3, -0.25) is 4.79 Å². The number of hydrogen-bond acceptors (Lipinski definition) is 3. The first kappa shape index (κ1) is 19.0. The molecule has 3 aromatic rings. The van der Waals surface area contributed by atoms with Gasteiger partial charge < -0.3 is 9.47 Å². The van der Waals surface area contributed by atoms with Crippen LogP contribution in [0.5, 0.6) is 11.5 Å². The summed E-state index contributed by atoms with van der Waals surface area (Å²) < 4.78 is 11.9. The lowest BCUT2D eigenvalue weighted by molar-refractivity contribution is 0.101. The minimum atomic E-state index is -0.0833. The molecule has 0 saturated carbocycles. The van der Waals surface area contributed by atoms with Crippen LogP contribution in [0, 0.1) is 27.7 Å². The Labute approximate surface area is 171 Å². The summed E-state index contributed by atoms with van der Waals surface area (Å²) in [5, 5.41) is 0. The first-order valence-corrected chi connectivity index (χ1v) is 9.75. The van der Waals surface area contributed by atoms with Gasteiger partial charge in [0.1, 0.15) is 18.1 Å². The van der Waals surface area contributed by atoms with Gasteiger partial charge >= 0.3 is 0 Å². The van der Waals surface area contributed by atoms with Crippen LogP contribution in [-0.2, 0) is 6.61 Å². The van der Waals surface area contributed by atoms with E-state index in [9.17, 15) is 4.79 Å². The molecule has 0 bridgehead atoms. The van der Waals surface area contributed by atoms with E-state index in [0.717, 1.165) is 22.3 Å². The Balaban J connectivity index is 1.58. The van der Waals surface area contributed by atoms with E-state index in [1.807, 2.05) is 50.2 Å². The SMILES string of the molecule is Cc1cccc(/C=C2\Oc3cc(OCc4cc(C)ccc4C)cc(C)c3C2=O)c1. The van der Waals surface area contributed by atoms with Gasteiger partial charge in [-0.05, 0) is 62.1 Å². The largest absolute Gasteiger partial charge is 0.489 e. The van der Waals surface area contributed by atoms with Gasteiger partial charge in [-0.1, -0.05) is 53.6 Å². The second-order valence-electron chi connectivity index (χ2n) is 7.69. The normalized spacial score (nSPS) is 14.1. The van der Waals surface area contributed by atoms with Crippen molar-refractivity contribution in [2.45, 2.75) is 34.3 Å². The van der Waals surface area contributed by atoms with Crippen molar-refractivity contribution in [3.8, 4) is 11.5 Å². The zero-order valence-electron chi connectivity index (χ0n) is 17.2. The second-order valence-corrected chi connectivity index (χ2v) is 7.69. The average molecular weight is 384 g/mol. The van der Waals surface area contributed by atoms with E-state index < -0.39 is 0 Å². The number of aryl methyl sites for hydroxylation is 4. The Morgan fingerprint density at radius 2 is 1.69 bits per heavy atom. The summed E-state index contributed by atoms with van der Waals surface area (Å²) in [7, 11) is 0. The van der Waals surface area contributed by atoms with Crippen molar-refractivity contribution in [3.63, 3.8) is 0 Å². The molecule has 0 amide bonds. The fourth-order valence-electron chi connectivity index (χ4n) is 3.59. The summed E-state index contributed by atoms with van der Waals surface area (Å²) in [5.41, 5.74) is 7.12. The number of ketones is 1. The predicted octanol–water partition coefficient (Wildman–Crippen LogP) is 6.12. The number of rotatable bonds is 4. The number of Topliss-reactive ketones (excluding diaryl/α,β-unsaturated/α-hetero) is 1. The highest BCUT2D eigenvalue weighted by atomic mass is 16.5. The van der Waals surface area contributed by atoms with Crippen LogP contribution in [-0.4, -0.2) is 5.78 Å². The lowest BCUT2D eigenvalue weighted by atomic mass is 10.0. The summed E-state index contributed by atoms with van der Waals surface area (Å²) in [6.45, 7) is 8.57. The van der Waals surface area contributed by atoms with Crippen LogP contribution in [0.3, 0.4) is 0 Å². The molecule has 1 heterocycles. The van der Waals surface area contributed by atoms with Gasteiger partial charge in [-0.2, -0.15) is 0 Å². The van der Waals surface area contributed by atoms with E-state index in [-0.39, 0.29) is 5.78 Å². The van der Waals surface area contributed by atoms with Crippen molar-refractivity contribution < 1.29 is 14.3 Å². The average Bonchev–Trinajstić information content (AvgIpc) is 2.98. The van der Waals surface area contributed by atoms with Crippen LogP contribution in [0.25, 0.3) is 6.08 Å². The van der Waals surface area contributed by atoms with Crippen LogP contribution >= 0.6 is 0 Å². The highest BCUT2D eigenvalue weighted by Crippen LogP contribution is 2.37. The van der Waals surface area contributed by atoms with E-state index >= 15 is 0 Å². The molecule has 3 nitrogen and oxygen atoms in total. The van der Waals surface area contributed by atoms with Crippen LogP contribution in [0.2, 0.25) is 0 Å². The molecule has 4 rings (SSSR count). The highest BCUT2D eigenvalue weighted by Gasteiger charge is 2.30. The molecule has 0 aliphatic carbocycles. The minimum absolute atomic E-state index is 0.0833.